The number of aromatic nitrogens is 2. The summed E-state index contributed by atoms with van der Waals surface area (Å²) < 4.78 is 0. The molecule has 122 valence electrons. The van der Waals surface area contributed by atoms with Gasteiger partial charge in [0.25, 0.3) is 5.91 Å². The van der Waals surface area contributed by atoms with Crippen molar-refractivity contribution in [2.75, 3.05) is 39.3 Å². The molecule has 10 heteroatoms. The van der Waals surface area contributed by atoms with Crippen molar-refractivity contribution in [3.63, 3.8) is 0 Å². The Bertz CT molecular complexity index is 545. The third-order valence-corrected chi connectivity index (χ3v) is 4.15. The minimum absolute atomic E-state index is 0. The zero-order chi connectivity index (χ0) is 14.8. The van der Waals surface area contributed by atoms with Crippen molar-refractivity contribution in [1.82, 2.24) is 25.3 Å². The molecule has 1 aromatic heterocycles. The van der Waals surface area contributed by atoms with Crippen LogP contribution in [0.2, 0.25) is 0 Å². The minimum Gasteiger partial charge on any atom is -0.335 e. The number of rotatable bonds is 3. The summed E-state index contributed by atoms with van der Waals surface area (Å²) in [6.07, 6.45) is 1.99. The summed E-state index contributed by atoms with van der Waals surface area (Å²) >= 11 is 0. The van der Waals surface area contributed by atoms with Crippen molar-refractivity contribution in [3.8, 4) is 0 Å². The van der Waals surface area contributed by atoms with Crippen LogP contribution in [-0.4, -0.2) is 76.1 Å². The zero-order valence-electron chi connectivity index (χ0n) is 12.0. The topological polar surface area (TPSA) is 107 Å². The van der Waals surface area contributed by atoms with Gasteiger partial charge in [0, 0.05) is 45.3 Å². The van der Waals surface area contributed by atoms with E-state index in [1.54, 1.807) is 4.90 Å². The van der Waals surface area contributed by atoms with Crippen LogP contribution in [0.4, 0.5) is 5.69 Å². The SMILES string of the molecule is Cl.O=C(c1[nH]ncc1[N+](=O)[O-])N1CCC(N2CCNCC2)C1. The number of H-pyrrole nitrogens is 1. The van der Waals surface area contributed by atoms with Crippen LogP contribution in [0, 0.1) is 10.1 Å². The van der Waals surface area contributed by atoms with Crippen molar-refractivity contribution in [1.29, 1.82) is 0 Å². The molecule has 0 radical (unpaired) electrons. The Labute approximate surface area is 133 Å². The number of hydrogen-bond donors (Lipinski definition) is 2. The summed E-state index contributed by atoms with van der Waals surface area (Å²) in [6, 6.07) is 0.345. The molecule has 3 rings (SSSR count). The van der Waals surface area contributed by atoms with Gasteiger partial charge in [-0.25, -0.2) is 0 Å². The van der Waals surface area contributed by atoms with E-state index in [0.29, 0.717) is 19.1 Å². The highest BCUT2D eigenvalue weighted by Crippen LogP contribution is 2.22. The van der Waals surface area contributed by atoms with Gasteiger partial charge in [0.15, 0.2) is 0 Å². The fourth-order valence-electron chi connectivity index (χ4n) is 3.01. The molecule has 2 saturated heterocycles. The maximum atomic E-state index is 12.4. The lowest BCUT2D eigenvalue weighted by Gasteiger charge is -2.32. The standard InChI is InChI=1S/C12H18N6O3.ClH/c19-12(11-10(18(20)21)7-14-15-11)17-4-1-9(8-17)16-5-2-13-3-6-16;/h7,9,13H,1-6,8H2,(H,14,15);1H. The summed E-state index contributed by atoms with van der Waals surface area (Å²) in [7, 11) is 0. The summed E-state index contributed by atoms with van der Waals surface area (Å²) in [5, 5.41) is 20.2. The van der Waals surface area contributed by atoms with E-state index < -0.39 is 4.92 Å². The Hall–Kier alpha value is -1.71. The van der Waals surface area contributed by atoms with Gasteiger partial charge in [0.1, 0.15) is 6.20 Å². The van der Waals surface area contributed by atoms with Crippen LogP contribution in [-0.2, 0) is 0 Å². The lowest BCUT2D eigenvalue weighted by atomic mass is 10.2. The molecule has 2 aliphatic rings. The van der Waals surface area contributed by atoms with Gasteiger partial charge in [-0.05, 0) is 6.42 Å². The van der Waals surface area contributed by atoms with E-state index in [2.05, 4.69) is 20.4 Å². The molecular weight excluding hydrogens is 312 g/mol. The Morgan fingerprint density at radius 1 is 1.36 bits per heavy atom. The number of halogens is 1. The zero-order valence-corrected chi connectivity index (χ0v) is 12.8. The van der Waals surface area contributed by atoms with E-state index in [1.807, 2.05) is 0 Å². The number of amides is 1. The van der Waals surface area contributed by atoms with Crippen LogP contribution in [0.15, 0.2) is 6.20 Å². The van der Waals surface area contributed by atoms with Gasteiger partial charge in [0.05, 0.1) is 4.92 Å². The molecule has 0 aromatic carbocycles. The van der Waals surface area contributed by atoms with Gasteiger partial charge in [0.2, 0.25) is 5.69 Å². The highest BCUT2D eigenvalue weighted by Gasteiger charge is 2.34. The third-order valence-electron chi connectivity index (χ3n) is 4.15. The molecule has 0 aliphatic carbocycles. The monoisotopic (exact) mass is 330 g/mol. The average molecular weight is 331 g/mol. The Morgan fingerprint density at radius 3 is 2.77 bits per heavy atom. The Kier molecular flexibility index (Phi) is 5.33. The lowest BCUT2D eigenvalue weighted by molar-refractivity contribution is -0.385. The molecular formula is C12H19ClN6O3. The minimum atomic E-state index is -0.583. The lowest BCUT2D eigenvalue weighted by Crippen LogP contribution is -2.49. The number of piperazine rings is 1. The summed E-state index contributed by atoms with van der Waals surface area (Å²) in [4.78, 5) is 26.7. The first-order valence-corrected chi connectivity index (χ1v) is 7.08. The second kappa shape index (κ2) is 7.03. The molecule has 0 saturated carbocycles. The molecule has 2 aliphatic heterocycles. The van der Waals surface area contributed by atoms with Crippen LogP contribution in [0.5, 0.6) is 0 Å². The van der Waals surface area contributed by atoms with E-state index in [9.17, 15) is 14.9 Å². The highest BCUT2D eigenvalue weighted by atomic mass is 35.5. The molecule has 9 nitrogen and oxygen atoms in total. The molecule has 1 amide bonds. The van der Waals surface area contributed by atoms with Gasteiger partial charge in [-0.1, -0.05) is 0 Å². The normalized spacial score (nSPS) is 22.4. The van der Waals surface area contributed by atoms with Gasteiger partial charge in [-0.15, -0.1) is 12.4 Å². The highest BCUT2D eigenvalue weighted by molar-refractivity contribution is 5.96. The summed E-state index contributed by atoms with van der Waals surface area (Å²) in [6.45, 7) is 5.15. The third kappa shape index (κ3) is 3.21. The van der Waals surface area contributed by atoms with Gasteiger partial charge in [-0.3, -0.25) is 24.9 Å². The Balaban J connectivity index is 0.00000176. The van der Waals surface area contributed by atoms with E-state index in [1.165, 1.54) is 0 Å². The van der Waals surface area contributed by atoms with Crippen LogP contribution in [0.1, 0.15) is 16.9 Å². The fraction of sp³-hybridized carbons (Fsp3) is 0.667. The predicted molar refractivity (Wildman–Crippen MR) is 81.2 cm³/mol. The van der Waals surface area contributed by atoms with E-state index in [4.69, 9.17) is 0 Å². The number of hydrogen-bond acceptors (Lipinski definition) is 6. The Morgan fingerprint density at radius 2 is 2.09 bits per heavy atom. The van der Waals surface area contributed by atoms with Crippen LogP contribution >= 0.6 is 12.4 Å². The molecule has 0 spiro atoms. The quantitative estimate of drug-likeness (QED) is 0.590. The maximum absolute atomic E-state index is 12.4. The van der Waals surface area contributed by atoms with Crippen LogP contribution in [0.3, 0.4) is 0 Å². The second-order valence-electron chi connectivity index (χ2n) is 5.37. The molecule has 22 heavy (non-hydrogen) atoms. The molecule has 2 N–H and O–H groups in total. The smallest absolute Gasteiger partial charge is 0.319 e. The van der Waals surface area contributed by atoms with Crippen molar-refractivity contribution in [2.45, 2.75) is 12.5 Å². The number of carbonyl (C=O) groups excluding carboxylic acids is 1. The fourth-order valence-corrected chi connectivity index (χ4v) is 3.01. The first-order valence-electron chi connectivity index (χ1n) is 7.08. The second-order valence-corrected chi connectivity index (χ2v) is 5.37. The molecule has 0 bridgehead atoms. The number of nitro groups is 1. The van der Waals surface area contributed by atoms with Crippen LogP contribution < -0.4 is 5.32 Å². The van der Waals surface area contributed by atoms with E-state index in [0.717, 1.165) is 38.8 Å². The average Bonchev–Trinajstić information content (AvgIpc) is 3.17. The molecule has 1 aromatic rings. The van der Waals surface area contributed by atoms with Crippen LogP contribution in [0.25, 0.3) is 0 Å². The first kappa shape index (κ1) is 16.7. The van der Waals surface area contributed by atoms with Crippen molar-refractivity contribution < 1.29 is 9.72 Å². The molecule has 1 unspecified atom stereocenters. The van der Waals surface area contributed by atoms with Crippen molar-refractivity contribution >= 4 is 24.0 Å². The van der Waals surface area contributed by atoms with Crippen molar-refractivity contribution in [2.24, 2.45) is 0 Å². The van der Waals surface area contributed by atoms with Gasteiger partial charge < -0.3 is 10.2 Å². The first-order chi connectivity index (χ1) is 10.2. The van der Waals surface area contributed by atoms with Gasteiger partial charge >= 0.3 is 5.69 Å². The summed E-state index contributed by atoms with van der Waals surface area (Å²) in [5.41, 5.74) is -0.286. The number of nitrogens with one attached hydrogen (secondary N) is 2. The van der Waals surface area contributed by atoms with E-state index >= 15 is 0 Å². The van der Waals surface area contributed by atoms with Gasteiger partial charge in [-0.2, -0.15) is 5.10 Å². The molecule has 1 atom stereocenters. The molecule has 2 fully saturated rings. The van der Waals surface area contributed by atoms with Crippen molar-refractivity contribution in [3.05, 3.63) is 22.0 Å². The number of likely N-dealkylation sites (tertiary alicyclic amines) is 1. The maximum Gasteiger partial charge on any atom is 0.319 e. The number of nitrogens with zero attached hydrogens (tertiary/aromatic N) is 4. The van der Waals surface area contributed by atoms with E-state index in [-0.39, 0.29) is 29.7 Å². The molecule has 3 heterocycles. The summed E-state index contributed by atoms with van der Waals surface area (Å²) in [5.74, 6) is -0.336. The number of aromatic amines is 1. The largest absolute Gasteiger partial charge is 0.335 e. The predicted octanol–water partition coefficient (Wildman–Crippen LogP) is -0.141. The number of carbonyl (C=O) groups is 1.